The van der Waals surface area contributed by atoms with Gasteiger partial charge in [0.1, 0.15) is 61.5 Å². The Morgan fingerprint density at radius 1 is 0.639 bits per heavy atom. The second-order valence-electron chi connectivity index (χ2n) is 16.6. The van der Waals surface area contributed by atoms with Crippen LogP contribution in [0, 0.1) is 13.8 Å². The van der Waals surface area contributed by atoms with Gasteiger partial charge in [-0.05, 0) is 84.3 Å². The van der Waals surface area contributed by atoms with Crippen molar-refractivity contribution in [1.82, 2.24) is 20.6 Å². The monoisotopic (exact) mass is 1020 g/mol. The summed E-state index contributed by atoms with van der Waals surface area (Å²) in [5.41, 5.74) is 14.5. The molecule has 6 rings (SSSR count). The zero-order valence-electron chi connectivity index (χ0n) is 39.9. The number of nitrogens with one attached hydrogen (secondary N) is 2. The smallest absolute Gasteiger partial charge is 0.320 e. The second-order valence-corrected chi connectivity index (χ2v) is 17.5. The van der Waals surface area contributed by atoms with Crippen molar-refractivity contribution in [2.45, 2.75) is 78.3 Å². The summed E-state index contributed by atoms with van der Waals surface area (Å²) >= 11 is 13.6. The number of pyridine rings is 2. The molecular weight excluding hydrogens is 968 g/mol. The highest BCUT2D eigenvalue weighted by Crippen LogP contribution is 2.37. The molecular formula is C53H56Cl2N6O11. The summed E-state index contributed by atoms with van der Waals surface area (Å²) in [6, 6.07) is 19.9. The number of nitrogens with two attached hydrogens (primary N) is 1. The van der Waals surface area contributed by atoms with Crippen LogP contribution in [-0.4, -0.2) is 86.8 Å². The van der Waals surface area contributed by atoms with Gasteiger partial charge in [0.2, 0.25) is 5.91 Å². The second kappa shape index (κ2) is 26.4. The Bertz CT molecular complexity index is 2900. The molecule has 19 heteroatoms. The lowest BCUT2D eigenvalue weighted by atomic mass is 9.92. The molecule has 0 aliphatic carbocycles. The third-order valence-corrected chi connectivity index (χ3v) is 12.2. The summed E-state index contributed by atoms with van der Waals surface area (Å²) in [5.74, 6) is -1.46. The Hall–Kier alpha value is -7.12. The van der Waals surface area contributed by atoms with Crippen molar-refractivity contribution in [3.05, 3.63) is 163 Å². The average Bonchev–Trinajstić information content (AvgIpc) is 3.36. The van der Waals surface area contributed by atoms with Crippen molar-refractivity contribution < 1.29 is 53.8 Å². The van der Waals surface area contributed by atoms with Gasteiger partial charge in [-0.3, -0.25) is 29.3 Å². The summed E-state index contributed by atoms with van der Waals surface area (Å²) < 4.78 is 25.2. The lowest BCUT2D eigenvalue weighted by Crippen LogP contribution is -2.37. The lowest BCUT2D eigenvalue weighted by molar-refractivity contribution is -0.140. The number of primary amides is 1. The number of carboxylic acid groups (broad SMARTS) is 2. The molecule has 2 heterocycles. The zero-order chi connectivity index (χ0) is 51.7. The number of hydrogen-bond acceptors (Lipinski definition) is 14. The van der Waals surface area contributed by atoms with E-state index in [1.807, 2.05) is 56.3 Å². The highest BCUT2D eigenvalue weighted by molar-refractivity contribution is 6.32. The van der Waals surface area contributed by atoms with Crippen LogP contribution in [0.2, 0.25) is 10.0 Å². The zero-order valence-corrected chi connectivity index (χ0v) is 41.4. The number of carbonyl (C=O) groups is 3. The average molecular weight is 1020 g/mol. The maximum absolute atomic E-state index is 11.8. The fourth-order valence-corrected chi connectivity index (χ4v) is 8.15. The minimum atomic E-state index is -1.12. The van der Waals surface area contributed by atoms with E-state index in [-0.39, 0.29) is 81.2 Å². The highest BCUT2D eigenvalue weighted by atomic mass is 35.5. The van der Waals surface area contributed by atoms with Crippen molar-refractivity contribution >= 4 is 47.3 Å². The molecule has 0 aliphatic heterocycles. The van der Waals surface area contributed by atoms with E-state index in [4.69, 9.17) is 47.9 Å². The first-order valence-electron chi connectivity index (χ1n) is 22.8. The Morgan fingerprint density at radius 2 is 1.10 bits per heavy atom. The van der Waals surface area contributed by atoms with Gasteiger partial charge in [0.15, 0.2) is 0 Å². The summed E-state index contributed by atoms with van der Waals surface area (Å²) in [5, 5.41) is 44.6. The van der Waals surface area contributed by atoms with Crippen molar-refractivity contribution in [2.75, 3.05) is 20.3 Å². The maximum atomic E-state index is 11.8. The van der Waals surface area contributed by atoms with E-state index >= 15 is 0 Å². The third kappa shape index (κ3) is 14.7. The van der Waals surface area contributed by atoms with E-state index in [2.05, 4.69) is 25.6 Å². The first-order chi connectivity index (χ1) is 34.7. The van der Waals surface area contributed by atoms with E-state index < -0.39 is 29.9 Å². The van der Waals surface area contributed by atoms with Crippen molar-refractivity contribution in [3.63, 3.8) is 0 Å². The standard InChI is InChI=1S/C53H56Cl2N6O11/c1-31-36(29-71-49-18-47(69-27-34-14-33(20-57-3)21-58-22-34)38(16-43(49)54)25-60-45(10-12-62)52(65)66)6-4-8-41(31)42-9-5-7-37(32(42)2)30-72-50-19-48(70-28-35-15-40(51(56)64)24-59-23-35)39(17-44(50)55)26-61-46(11-13-63)53(67)68/h4-9,14-24,45-46,60-63H,10-13,25-30H2,1-3H3,(H2,56,64)(H,65,66)(H,67,68)/t45?,46-/m0/s1. The van der Waals surface area contributed by atoms with Crippen molar-refractivity contribution in [2.24, 2.45) is 10.7 Å². The van der Waals surface area contributed by atoms with Crippen LogP contribution in [0.25, 0.3) is 11.1 Å². The molecule has 0 bridgehead atoms. The van der Waals surface area contributed by atoms with E-state index in [1.165, 1.54) is 12.4 Å². The van der Waals surface area contributed by atoms with Gasteiger partial charge < -0.3 is 55.7 Å². The Morgan fingerprint density at radius 3 is 1.54 bits per heavy atom. The molecule has 6 aromatic rings. The molecule has 0 spiro atoms. The fraction of sp³-hybridized carbons (Fsp3) is 0.283. The van der Waals surface area contributed by atoms with Gasteiger partial charge in [-0.15, -0.1) is 0 Å². The Labute approximate surface area is 426 Å². The first kappa shape index (κ1) is 54.2. The molecule has 378 valence electrons. The number of aliphatic hydroxyl groups excluding tert-OH is 2. The van der Waals surface area contributed by atoms with Crippen LogP contribution in [0.1, 0.15) is 73.3 Å². The molecule has 0 fully saturated rings. The predicted octanol–water partition coefficient (Wildman–Crippen LogP) is 7.38. The first-order valence-corrected chi connectivity index (χ1v) is 23.5. The predicted molar refractivity (Wildman–Crippen MR) is 272 cm³/mol. The summed E-state index contributed by atoms with van der Waals surface area (Å²) in [7, 11) is 1.67. The topological polar surface area (TPSA) is 257 Å². The molecule has 0 radical (unpaired) electrons. The van der Waals surface area contributed by atoms with Gasteiger partial charge in [-0.1, -0.05) is 59.6 Å². The molecule has 0 saturated carbocycles. The normalized spacial score (nSPS) is 12.1. The number of rotatable bonds is 27. The highest BCUT2D eigenvalue weighted by Gasteiger charge is 2.21. The Kier molecular flexibility index (Phi) is 19.9. The fourth-order valence-electron chi connectivity index (χ4n) is 7.67. The van der Waals surface area contributed by atoms with E-state index in [0.717, 1.165) is 44.5 Å². The molecule has 1 amide bonds. The van der Waals surface area contributed by atoms with Crippen molar-refractivity contribution in [1.29, 1.82) is 0 Å². The van der Waals surface area contributed by atoms with Crippen molar-refractivity contribution in [3.8, 4) is 34.1 Å². The number of aromatic nitrogens is 2. The largest absolute Gasteiger partial charge is 0.488 e. The minimum Gasteiger partial charge on any atom is -0.488 e. The van der Waals surface area contributed by atoms with E-state index in [1.54, 1.807) is 56.0 Å². The minimum absolute atomic E-state index is 0.00893. The van der Waals surface area contributed by atoms with Crippen LogP contribution in [0.5, 0.6) is 23.0 Å². The number of hydrogen-bond donors (Lipinski definition) is 7. The van der Waals surface area contributed by atoms with Crippen LogP contribution >= 0.6 is 23.2 Å². The summed E-state index contributed by atoms with van der Waals surface area (Å²) in [6.07, 6.45) is 7.94. The number of halogens is 2. The van der Waals surface area contributed by atoms with Gasteiger partial charge in [0.05, 0.1) is 15.6 Å². The molecule has 0 aliphatic rings. The molecule has 1 unspecified atom stereocenters. The van der Waals surface area contributed by atoms with Crippen LogP contribution < -0.4 is 35.3 Å². The van der Waals surface area contributed by atoms with Crippen LogP contribution in [-0.2, 0) is 49.1 Å². The number of aliphatic carboxylic acids is 2. The summed E-state index contributed by atoms with van der Waals surface area (Å²) in [4.78, 5) is 47.9. The lowest BCUT2D eigenvalue weighted by Gasteiger charge is -2.20. The molecule has 0 saturated heterocycles. The van der Waals surface area contributed by atoms with Gasteiger partial charge in [0.25, 0.3) is 0 Å². The molecule has 2 aromatic heterocycles. The van der Waals surface area contributed by atoms with Crippen LogP contribution in [0.3, 0.4) is 0 Å². The Balaban J connectivity index is 1.21. The molecule has 17 nitrogen and oxygen atoms in total. The number of amides is 1. The number of carbonyl (C=O) groups excluding carboxylic acids is 1. The number of aliphatic imine (C=N–C) groups is 1. The van der Waals surface area contributed by atoms with Gasteiger partial charge in [-0.2, -0.15) is 0 Å². The quantitative estimate of drug-likeness (QED) is 0.0248. The van der Waals surface area contributed by atoms with Gasteiger partial charge in [-0.25, -0.2) is 0 Å². The van der Waals surface area contributed by atoms with Gasteiger partial charge >= 0.3 is 11.9 Å². The number of nitrogens with zero attached hydrogens (tertiary/aromatic N) is 3. The number of ether oxygens (including phenoxy) is 4. The molecule has 2 atom stereocenters. The van der Waals surface area contributed by atoms with Crippen LogP contribution in [0.4, 0.5) is 0 Å². The number of benzene rings is 4. The van der Waals surface area contributed by atoms with E-state index in [0.29, 0.717) is 39.7 Å². The van der Waals surface area contributed by atoms with Crippen LogP contribution in [0.15, 0.2) is 103 Å². The molecule has 8 N–H and O–H groups in total. The molecule has 4 aromatic carbocycles. The van der Waals surface area contributed by atoms with E-state index in [9.17, 15) is 34.8 Å². The SMILES string of the molecule is CN=Cc1cncc(COc2cc(OCc3cccc(-c4cccc(COc5cc(OCc6cncc(C(N)=O)c6)c(CN[C@@H](CCO)C(=O)O)cc5Cl)c4C)c3C)c(Cl)cc2CNC(CCO)C(=O)O)c1. The number of aliphatic hydroxyl groups is 2. The van der Waals surface area contributed by atoms with Gasteiger partial charge in [0, 0.05) is 104 Å². The third-order valence-electron chi connectivity index (χ3n) is 11.7. The summed E-state index contributed by atoms with van der Waals surface area (Å²) in [6.45, 7) is 3.91. The number of carboxylic acids is 2. The molecule has 72 heavy (non-hydrogen) atoms. The maximum Gasteiger partial charge on any atom is 0.320 e.